The molecule has 3 rings (SSSR count). The lowest BCUT2D eigenvalue weighted by atomic mass is 9.94. The van der Waals surface area contributed by atoms with Gasteiger partial charge >= 0.3 is 0 Å². The molecule has 3 aliphatic heterocycles. The maximum atomic E-state index is 9.86. The number of nitrogens with zero attached hydrogens (tertiary/aromatic N) is 2. The van der Waals surface area contributed by atoms with Gasteiger partial charge in [-0.05, 0) is 57.8 Å². The monoisotopic (exact) mass is 254 g/mol. The Morgan fingerprint density at radius 1 is 1.00 bits per heavy atom. The van der Waals surface area contributed by atoms with Gasteiger partial charge in [0.25, 0.3) is 0 Å². The van der Waals surface area contributed by atoms with Gasteiger partial charge in [0, 0.05) is 6.54 Å². The number of rotatable bonds is 3. The van der Waals surface area contributed by atoms with Crippen molar-refractivity contribution in [2.45, 2.75) is 37.8 Å². The molecule has 3 heterocycles. The van der Waals surface area contributed by atoms with E-state index in [0.29, 0.717) is 6.61 Å². The second-order valence-electron chi connectivity index (χ2n) is 6.16. The first-order valence-corrected chi connectivity index (χ1v) is 7.55. The van der Waals surface area contributed by atoms with Crippen LogP contribution in [0.4, 0.5) is 0 Å². The van der Waals surface area contributed by atoms with Crippen LogP contribution in [0.5, 0.6) is 0 Å². The van der Waals surface area contributed by atoms with Gasteiger partial charge in [-0.1, -0.05) is 0 Å². The largest absolute Gasteiger partial charge is 0.389 e. The quantitative estimate of drug-likeness (QED) is 0.798. The molecule has 2 unspecified atom stereocenters. The van der Waals surface area contributed by atoms with E-state index in [1.165, 1.54) is 45.3 Å². The highest BCUT2D eigenvalue weighted by atomic mass is 16.5. The Morgan fingerprint density at radius 3 is 2.33 bits per heavy atom. The Bertz CT molecular complexity index is 261. The highest BCUT2D eigenvalue weighted by Crippen LogP contribution is 2.24. The van der Waals surface area contributed by atoms with Crippen LogP contribution < -0.4 is 0 Å². The molecule has 104 valence electrons. The number of ether oxygens (including phenoxy) is 1. The number of hydrogen-bond acceptors (Lipinski definition) is 4. The molecule has 2 atom stereocenters. The van der Waals surface area contributed by atoms with Crippen LogP contribution in [0.3, 0.4) is 0 Å². The van der Waals surface area contributed by atoms with Crippen molar-refractivity contribution in [3.05, 3.63) is 0 Å². The van der Waals surface area contributed by atoms with E-state index in [0.717, 1.165) is 25.6 Å². The molecule has 3 saturated heterocycles. The van der Waals surface area contributed by atoms with E-state index >= 15 is 0 Å². The Morgan fingerprint density at radius 2 is 1.72 bits per heavy atom. The van der Waals surface area contributed by atoms with Gasteiger partial charge in [-0.25, -0.2) is 0 Å². The lowest BCUT2D eigenvalue weighted by molar-refractivity contribution is 0.0538. The maximum Gasteiger partial charge on any atom is 0.0950 e. The van der Waals surface area contributed by atoms with Gasteiger partial charge in [0.05, 0.1) is 25.4 Å². The minimum absolute atomic E-state index is 0.262. The fourth-order valence-electron chi connectivity index (χ4n) is 3.68. The molecule has 0 aliphatic carbocycles. The van der Waals surface area contributed by atoms with E-state index in [4.69, 9.17) is 4.74 Å². The van der Waals surface area contributed by atoms with Crippen molar-refractivity contribution in [3.63, 3.8) is 0 Å². The normalized spacial score (nSPS) is 36.5. The molecule has 3 aliphatic rings. The van der Waals surface area contributed by atoms with Crippen molar-refractivity contribution in [1.82, 2.24) is 9.80 Å². The van der Waals surface area contributed by atoms with E-state index in [-0.39, 0.29) is 12.1 Å². The van der Waals surface area contributed by atoms with Crippen LogP contribution in [-0.4, -0.2) is 73.0 Å². The molecule has 4 nitrogen and oxygen atoms in total. The highest BCUT2D eigenvalue weighted by Gasteiger charge is 2.34. The Hall–Kier alpha value is -0.160. The summed E-state index contributed by atoms with van der Waals surface area (Å²) in [5.41, 5.74) is 0. The molecule has 0 saturated carbocycles. The topological polar surface area (TPSA) is 35.9 Å². The van der Waals surface area contributed by atoms with Crippen molar-refractivity contribution in [3.8, 4) is 0 Å². The number of aliphatic hydroxyl groups is 1. The van der Waals surface area contributed by atoms with Gasteiger partial charge in [-0.2, -0.15) is 0 Å². The summed E-state index contributed by atoms with van der Waals surface area (Å²) >= 11 is 0. The molecular weight excluding hydrogens is 228 g/mol. The standard InChI is InChI=1S/C14H26N2O2/c17-14-11-18-10-13(14)16-7-3-12(4-8-16)9-15-5-1-2-6-15/h12-14,17H,1-11H2. The Labute approximate surface area is 110 Å². The molecule has 0 amide bonds. The molecule has 0 aromatic heterocycles. The molecule has 0 spiro atoms. The molecule has 18 heavy (non-hydrogen) atoms. The average Bonchev–Trinajstić information content (AvgIpc) is 3.02. The zero-order valence-electron chi connectivity index (χ0n) is 11.3. The second-order valence-corrected chi connectivity index (χ2v) is 6.16. The first-order chi connectivity index (χ1) is 8.83. The van der Waals surface area contributed by atoms with Crippen LogP contribution in [0, 0.1) is 5.92 Å². The third-order valence-corrected chi connectivity index (χ3v) is 4.85. The second kappa shape index (κ2) is 5.87. The van der Waals surface area contributed by atoms with Crippen molar-refractivity contribution < 1.29 is 9.84 Å². The lowest BCUT2D eigenvalue weighted by Crippen LogP contribution is -2.48. The highest BCUT2D eigenvalue weighted by molar-refractivity contribution is 4.87. The van der Waals surface area contributed by atoms with Crippen molar-refractivity contribution in [2.24, 2.45) is 5.92 Å². The lowest BCUT2D eigenvalue weighted by Gasteiger charge is -2.37. The molecular formula is C14H26N2O2. The van der Waals surface area contributed by atoms with E-state index in [1.807, 2.05) is 0 Å². The van der Waals surface area contributed by atoms with Crippen LogP contribution in [0.15, 0.2) is 0 Å². The molecule has 3 fully saturated rings. The fraction of sp³-hybridized carbons (Fsp3) is 1.00. The molecule has 0 bridgehead atoms. The Balaban J connectivity index is 1.43. The average molecular weight is 254 g/mol. The van der Waals surface area contributed by atoms with Gasteiger partial charge in [0.15, 0.2) is 0 Å². The summed E-state index contributed by atoms with van der Waals surface area (Å²) in [6, 6.07) is 0.262. The number of hydrogen-bond donors (Lipinski definition) is 1. The summed E-state index contributed by atoms with van der Waals surface area (Å²) in [4.78, 5) is 5.08. The number of likely N-dealkylation sites (tertiary alicyclic amines) is 2. The van der Waals surface area contributed by atoms with E-state index in [9.17, 15) is 5.11 Å². The van der Waals surface area contributed by atoms with Crippen LogP contribution in [-0.2, 0) is 4.74 Å². The predicted molar refractivity (Wildman–Crippen MR) is 70.6 cm³/mol. The third-order valence-electron chi connectivity index (χ3n) is 4.85. The van der Waals surface area contributed by atoms with Crippen LogP contribution >= 0.6 is 0 Å². The fourth-order valence-corrected chi connectivity index (χ4v) is 3.68. The first-order valence-electron chi connectivity index (χ1n) is 7.55. The minimum Gasteiger partial charge on any atom is -0.389 e. The number of aliphatic hydroxyl groups excluding tert-OH is 1. The summed E-state index contributed by atoms with van der Waals surface area (Å²) < 4.78 is 5.36. The van der Waals surface area contributed by atoms with E-state index < -0.39 is 0 Å². The molecule has 0 aromatic rings. The molecule has 0 aromatic carbocycles. The first kappa shape index (κ1) is 12.9. The summed E-state index contributed by atoms with van der Waals surface area (Å²) in [7, 11) is 0. The smallest absolute Gasteiger partial charge is 0.0950 e. The summed E-state index contributed by atoms with van der Waals surface area (Å²) in [5.74, 6) is 0.874. The van der Waals surface area contributed by atoms with Gasteiger partial charge in [-0.15, -0.1) is 0 Å². The van der Waals surface area contributed by atoms with Crippen molar-refractivity contribution in [1.29, 1.82) is 0 Å². The SMILES string of the molecule is OC1COCC1N1CCC(CN2CCCC2)CC1. The zero-order chi connectivity index (χ0) is 12.4. The van der Waals surface area contributed by atoms with Gasteiger partial charge in [0.2, 0.25) is 0 Å². The van der Waals surface area contributed by atoms with Gasteiger partial charge in [0.1, 0.15) is 0 Å². The summed E-state index contributed by atoms with van der Waals surface area (Å²) in [6.45, 7) is 7.46. The predicted octanol–water partition coefficient (Wildman–Crippen LogP) is 0.554. The van der Waals surface area contributed by atoms with E-state index in [1.54, 1.807) is 0 Å². The number of piperidine rings is 1. The molecule has 1 N–H and O–H groups in total. The van der Waals surface area contributed by atoms with Crippen LogP contribution in [0.25, 0.3) is 0 Å². The molecule has 4 heteroatoms. The van der Waals surface area contributed by atoms with Crippen LogP contribution in [0.1, 0.15) is 25.7 Å². The van der Waals surface area contributed by atoms with Crippen molar-refractivity contribution >= 4 is 0 Å². The zero-order valence-corrected chi connectivity index (χ0v) is 11.3. The Kier molecular flexibility index (Phi) is 4.19. The van der Waals surface area contributed by atoms with Crippen molar-refractivity contribution in [2.75, 3.05) is 45.9 Å². The summed E-state index contributed by atoms with van der Waals surface area (Å²) in [5, 5.41) is 9.86. The maximum absolute atomic E-state index is 9.86. The molecule has 0 radical (unpaired) electrons. The summed E-state index contributed by atoms with van der Waals surface area (Å²) in [6.07, 6.45) is 5.11. The van der Waals surface area contributed by atoms with Gasteiger partial charge < -0.3 is 14.7 Å². The van der Waals surface area contributed by atoms with Crippen LogP contribution in [0.2, 0.25) is 0 Å². The van der Waals surface area contributed by atoms with E-state index in [2.05, 4.69) is 9.80 Å². The van der Waals surface area contributed by atoms with Gasteiger partial charge in [-0.3, -0.25) is 4.90 Å². The minimum atomic E-state index is -0.264. The third kappa shape index (κ3) is 2.87.